The van der Waals surface area contributed by atoms with Crippen LogP contribution in [0.5, 0.6) is 0 Å². The number of urea groups is 1. The summed E-state index contributed by atoms with van der Waals surface area (Å²) in [6, 6.07) is 0.403. The number of amides is 2. The van der Waals surface area contributed by atoms with Crippen molar-refractivity contribution in [2.24, 2.45) is 5.92 Å². The van der Waals surface area contributed by atoms with Crippen LogP contribution in [0.3, 0.4) is 0 Å². The van der Waals surface area contributed by atoms with Crippen molar-refractivity contribution < 1.29 is 4.79 Å². The third kappa shape index (κ3) is 3.61. The van der Waals surface area contributed by atoms with Crippen LogP contribution in [0.4, 0.5) is 4.79 Å². The van der Waals surface area contributed by atoms with Crippen molar-refractivity contribution in [3.8, 4) is 0 Å². The molecule has 6 heteroatoms. The number of hydrogen-bond donors (Lipinski definition) is 1. The van der Waals surface area contributed by atoms with Gasteiger partial charge in [0.15, 0.2) is 0 Å². The van der Waals surface area contributed by atoms with Crippen molar-refractivity contribution in [3.05, 3.63) is 18.2 Å². The van der Waals surface area contributed by atoms with E-state index in [-0.39, 0.29) is 6.03 Å². The highest BCUT2D eigenvalue weighted by molar-refractivity contribution is 5.74. The molecule has 0 bridgehead atoms. The minimum absolute atomic E-state index is 0.0727. The number of nitrogens with one attached hydrogen (secondary N) is 1. The molecule has 1 fully saturated rings. The lowest BCUT2D eigenvalue weighted by atomic mass is 9.97. The normalized spacial score (nSPS) is 23.1. The van der Waals surface area contributed by atoms with E-state index in [1.165, 1.54) is 0 Å². The highest BCUT2D eigenvalue weighted by Gasteiger charge is 2.24. The van der Waals surface area contributed by atoms with E-state index in [0.717, 1.165) is 57.7 Å². The van der Waals surface area contributed by atoms with Crippen LogP contribution in [-0.4, -0.2) is 65.2 Å². The molecule has 0 aliphatic carbocycles. The summed E-state index contributed by atoms with van der Waals surface area (Å²) in [6.07, 6.45) is 8.11. The minimum Gasteiger partial charge on any atom is -0.335 e. The monoisotopic (exact) mass is 305 g/mol. The molecule has 1 N–H and O–H groups in total. The molecule has 22 heavy (non-hydrogen) atoms. The molecule has 122 valence electrons. The standard InChI is InChI=1S/C16H27N5O/c1-19-7-4-14(5-8-19)18-16(22)20(2)12-13-3-9-21-10-6-17-15(21)11-13/h6,10,13-14H,3-5,7-9,11-12H2,1-2H3,(H,18,22)/t13-/m1/s1. The van der Waals surface area contributed by atoms with E-state index >= 15 is 0 Å². The maximum absolute atomic E-state index is 12.3. The number of hydrogen-bond acceptors (Lipinski definition) is 3. The Hall–Kier alpha value is -1.56. The topological polar surface area (TPSA) is 53.4 Å². The van der Waals surface area contributed by atoms with E-state index in [1.807, 2.05) is 24.3 Å². The quantitative estimate of drug-likeness (QED) is 0.912. The van der Waals surface area contributed by atoms with Gasteiger partial charge in [0.25, 0.3) is 0 Å². The molecule has 0 spiro atoms. The van der Waals surface area contributed by atoms with E-state index in [0.29, 0.717) is 12.0 Å². The summed E-state index contributed by atoms with van der Waals surface area (Å²) in [5, 5.41) is 3.18. The van der Waals surface area contributed by atoms with Crippen LogP contribution in [0.15, 0.2) is 12.4 Å². The molecule has 0 aromatic carbocycles. The number of aryl methyl sites for hydroxylation is 1. The third-order valence-corrected chi connectivity index (χ3v) is 4.98. The predicted octanol–water partition coefficient (Wildman–Crippen LogP) is 1.18. The number of imidazole rings is 1. The summed E-state index contributed by atoms with van der Waals surface area (Å²) in [5.41, 5.74) is 0. The molecule has 3 heterocycles. The molecule has 1 saturated heterocycles. The maximum Gasteiger partial charge on any atom is 0.317 e. The number of carbonyl (C=O) groups excluding carboxylic acids is 1. The molecule has 1 aromatic heterocycles. The summed E-state index contributed by atoms with van der Waals surface area (Å²) < 4.78 is 2.22. The second kappa shape index (κ2) is 6.69. The van der Waals surface area contributed by atoms with Crippen LogP contribution in [0.1, 0.15) is 25.1 Å². The SMILES string of the molecule is CN1CCC(NC(=O)N(C)C[C@@H]2CCn3ccnc3C2)CC1. The van der Waals surface area contributed by atoms with E-state index in [4.69, 9.17) is 0 Å². The largest absolute Gasteiger partial charge is 0.335 e. The van der Waals surface area contributed by atoms with Gasteiger partial charge >= 0.3 is 6.03 Å². The van der Waals surface area contributed by atoms with Crippen molar-refractivity contribution >= 4 is 6.03 Å². The van der Waals surface area contributed by atoms with Crippen LogP contribution >= 0.6 is 0 Å². The lowest BCUT2D eigenvalue weighted by molar-refractivity contribution is 0.179. The Balaban J connectivity index is 1.45. The first-order valence-corrected chi connectivity index (χ1v) is 8.32. The van der Waals surface area contributed by atoms with Crippen molar-refractivity contribution in [2.45, 2.75) is 38.3 Å². The number of aromatic nitrogens is 2. The van der Waals surface area contributed by atoms with Gasteiger partial charge in [0, 0.05) is 45.0 Å². The molecule has 0 unspecified atom stereocenters. The first kappa shape index (κ1) is 15.3. The van der Waals surface area contributed by atoms with Gasteiger partial charge in [0.2, 0.25) is 0 Å². The molecule has 3 rings (SSSR count). The Bertz CT molecular complexity index is 506. The van der Waals surface area contributed by atoms with Crippen molar-refractivity contribution in [3.63, 3.8) is 0 Å². The molecule has 1 aromatic rings. The van der Waals surface area contributed by atoms with Crippen LogP contribution in [0, 0.1) is 5.92 Å². The predicted molar refractivity (Wildman–Crippen MR) is 85.7 cm³/mol. The van der Waals surface area contributed by atoms with E-state index in [1.54, 1.807) is 0 Å². The van der Waals surface area contributed by atoms with Crippen LogP contribution < -0.4 is 5.32 Å². The fraction of sp³-hybridized carbons (Fsp3) is 0.750. The zero-order valence-electron chi connectivity index (χ0n) is 13.7. The Labute approximate surface area is 132 Å². The number of rotatable bonds is 3. The van der Waals surface area contributed by atoms with Gasteiger partial charge < -0.3 is 19.7 Å². The van der Waals surface area contributed by atoms with Crippen molar-refractivity contribution in [2.75, 3.05) is 33.7 Å². The molecule has 0 saturated carbocycles. The van der Waals surface area contributed by atoms with E-state index in [2.05, 4.69) is 26.8 Å². The van der Waals surface area contributed by atoms with Gasteiger partial charge in [-0.3, -0.25) is 0 Å². The van der Waals surface area contributed by atoms with Crippen LogP contribution in [0.25, 0.3) is 0 Å². The average Bonchev–Trinajstić information content (AvgIpc) is 2.97. The van der Waals surface area contributed by atoms with Gasteiger partial charge in [-0.25, -0.2) is 9.78 Å². The first-order valence-electron chi connectivity index (χ1n) is 8.32. The van der Waals surface area contributed by atoms with Crippen molar-refractivity contribution in [1.82, 2.24) is 24.7 Å². The first-order chi connectivity index (χ1) is 10.6. The molecule has 1 atom stereocenters. The highest BCUT2D eigenvalue weighted by Crippen LogP contribution is 2.20. The lowest BCUT2D eigenvalue weighted by Crippen LogP contribution is -2.48. The van der Waals surface area contributed by atoms with Gasteiger partial charge in [-0.1, -0.05) is 0 Å². The third-order valence-electron chi connectivity index (χ3n) is 4.98. The van der Waals surface area contributed by atoms with E-state index in [9.17, 15) is 4.79 Å². The second-order valence-corrected chi connectivity index (χ2v) is 6.80. The zero-order valence-corrected chi connectivity index (χ0v) is 13.7. The van der Waals surface area contributed by atoms with Gasteiger partial charge in [-0.2, -0.15) is 0 Å². The molecule has 2 amide bonds. The molecule has 2 aliphatic rings. The molecule has 2 aliphatic heterocycles. The summed E-state index contributed by atoms with van der Waals surface area (Å²) in [6.45, 7) is 3.97. The van der Waals surface area contributed by atoms with Gasteiger partial charge in [-0.15, -0.1) is 0 Å². The van der Waals surface area contributed by atoms with Gasteiger partial charge in [-0.05, 0) is 45.3 Å². The van der Waals surface area contributed by atoms with Crippen molar-refractivity contribution in [1.29, 1.82) is 0 Å². The fourth-order valence-electron chi connectivity index (χ4n) is 3.48. The Kier molecular flexibility index (Phi) is 4.66. The lowest BCUT2D eigenvalue weighted by Gasteiger charge is -2.32. The number of fused-ring (bicyclic) bond motifs is 1. The number of likely N-dealkylation sites (tertiary alicyclic amines) is 1. The number of nitrogens with zero attached hydrogens (tertiary/aromatic N) is 4. The molecular formula is C16H27N5O. The molecule has 0 radical (unpaired) electrons. The Morgan fingerprint density at radius 1 is 1.36 bits per heavy atom. The molecular weight excluding hydrogens is 278 g/mol. The van der Waals surface area contributed by atoms with Gasteiger partial charge in [0.1, 0.15) is 5.82 Å². The van der Waals surface area contributed by atoms with Gasteiger partial charge in [0.05, 0.1) is 0 Å². The van der Waals surface area contributed by atoms with E-state index < -0.39 is 0 Å². The van der Waals surface area contributed by atoms with Crippen LogP contribution in [0.2, 0.25) is 0 Å². The fourth-order valence-corrected chi connectivity index (χ4v) is 3.48. The zero-order chi connectivity index (χ0) is 15.5. The minimum atomic E-state index is 0.0727. The molecule has 6 nitrogen and oxygen atoms in total. The summed E-state index contributed by atoms with van der Waals surface area (Å²) in [4.78, 5) is 20.9. The smallest absolute Gasteiger partial charge is 0.317 e. The summed E-state index contributed by atoms with van der Waals surface area (Å²) >= 11 is 0. The number of piperidine rings is 1. The number of carbonyl (C=O) groups is 1. The average molecular weight is 305 g/mol. The second-order valence-electron chi connectivity index (χ2n) is 6.80. The maximum atomic E-state index is 12.3. The Morgan fingerprint density at radius 3 is 2.91 bits per heavy atom. The Morgan fingerprint density at radius 2 is 2.14 bits per heavy atom. The summed E-state index contributed by atoms with van der Waals surface area (Å²) in [5.74, 6) is 1.67. The van der Waals surface area contributed by atoms with Crippen LogP contribution in [-0.2, 0) is 13.0 Å². The highest BCUT2D eigenvalue weighted by atomic mass is 16.2. The summed E-state index contributed by atoms with van der Waals surface area (Å²) in [7, 11) is 4.04.